The molecule has 2 nitrogen and oxygen atoms in total. The third kappa shape index (κ3) is 1.09. The van der Waals surface area contributed by atoms with E-state index in [1.54, 1.807) is 0 Å². The summed E-state index contributed by atoms with van der Waals surface area (Å²) in [6, 6.07) is 0. The van der Waals surface area contributed by atoms with Gasteiger partial charge in [0.15, 0.2) is 0 Å². The van der Waals surface area contributed by atoms with Crippen LogP contribution in [0.2, 0.25) is 0 Å². The number of ketones is 1. The maximum absolute atomic E-state index is 12.4. The molecular formula is C14H18O2. The minimum absolute atomic E-state index is 0.122. The first-order valence-corrected chi connectivity index (χ1v) is 6.72. The Morgan fingerprint density at radius 2 is 1.94 bits per heavy atom. The predicted octanol–water partition coefficient (Wildman–Crippen LogP) is 2.34. The number of hydrogen-bond acceptors (Lipinski definition) is 2. The van der Waals surface area contributed by atoms with E-state index in [1.807, 2.05) is 0 Å². The molecule has 2 aliphatic heterocycles. The van der Waals surface area contributed by atoms with Crippen LogP contribution in [0.3, 0.4) is 0 Å². The molecule has 6 atom stereocenters. The smallest absolute Gasteiger partial charge is 0.145 e. The number of carbonyl (C=O) groups excluding carboxylic acids is 1. The molecule has 1 saturated heterocycles. The standard InChI is InChI=1S/C14H18O2/c15-14-10-7-8-3-1-2-4-9(8)13(14)12-6-5-11(10)16-12/h5-6,8-13H,1-4,7H2/t8-,9-,10+,11+,12-,13-/m0/s1. The van der Waals surface area contributed by atoms with E-state index in [2.05, 4.69) is 12.2 Å². The van der Waals surface area contributed by atoms with Crippen molar-refractivity contribution in [3.8, 4) is 0 Å². The number of Topliss-reactive ketones (excluding diaryl/α,β-unsaturated/α-hetero) is 1. The van der Waals surface area contributed by atoms with Gasteiger partial charge >= 0.3 is 0 Å². The van der Waals surface area contributed by atoms with E-state index in [1.165, 1.54) is 25.7 Å². The Hall–Kier alpha value is -0.630. The lowest BCUT2D eigenvalue weighted by Gasteiger charge is -2.49. The zero-order valence-corrected chi connectivity index (χ0v) is 9.47. The highest BCUT2D eigenvalue weighted by atomic mass is 16.5. The first-order chi connectivity index (χ1) is 7.84. The van der Waals surface area contributed by atoms with Gasteiger partial charge < -0.3 is 4.74 Å². The molecule has 16 heavy (non-hydrogen) atoms. The molecule has 0 aromatic rings. The molecule has 0 unspecified atom stereocenters. The van der Waals surface area contributed by atoms with E-state index in [-0.39, 0.29) is 24.0 Å². The molecular weight excluding hydrogens is 200 g/mol. The second-order valence-corrected chi connectivity index (χ2v) is 5.93. The van der Waals surface area contributed by atoms with Gasteiger partial charge in [-0.3, -0.25) is 4.79 Å². The Balaban J connectivity index is 1.74. The number of fused-ring (bicyclic) bond motifs is 8. The molecule has 0 spiro atoms. The Morgan fingerprint density at radius 3 is 2.88 bits per heavy atom. The topological polar surface area (TPSA) is 26.3 Å². The Bertz CT molecular complexity index is 360. The lowest BCUT2D eigenvalue weighted by molar-refractivity contribution is -0.163. The Kier molecular flexibility index (Phi) is 1.88. The van der Waals surface area contributed by atoms with Crippen LogP contribution in [-0.2, 0) is 9.53 Å². The third-order valence-corrected chi connectivity index (χ3v) is 5.24. The highest BCUT2D eigenvalue weighted by molar-refractivity contribution is 5.87. The molecule has 4 bridgehead atoms. The summed E-state index contributed by atoms with van der Waals surface area (Å²) in [5, 5.41) is 0. The number of carbonyl (C=O) groups is 1. The van der Waals surface area contributed by atoms with Crippen LogP contribution in [-0.4, -0.2) is 18.0 Å². The lowest BCUT2D eigenvalue weighted by Crippen LogP contribution is -2.53. The number of hydrogen-bond donors (Lipinski definition) is 0. The largest absolute Gasteiger partial charge is 0.365 e. The van der Waals surface area contributed by atoms with Crippen molar-refractivity contribution in [3.05, 3.63) is 12.2 Å². The fourth-order valence-corrected chi connectivity index (χ4v) is 4.53. The zero-order valence-electron chi connectivity index (χ0n) is 9.47. The van der Waals surface area contributed by atoms with Crippen LogP contribution < -0.4 is 0 Å². The molecule has 4 aliphatic rings. The molecule has 2 saturated carbocycles. The predicted molar refractivity (Wildman–Crippen MR) is 59.9 cm³/mol. The van der Waals surface area contributed by atoms with Gasteiger partial charge in [0.1, 0.15) is 5.78 Å². The van der Waals surface area contributed by atoms with Gasteiger partial charge in [0, 0.05) is 5.92 Å². The average Bonchev–Trinajstić information content (AvgIpc) is 2.73. The minimum Gasteiger partial charge on any atom is -0.365 e. The second kappa shape index (κ2) is 3.19. The van der Waals surface area contributed by atoms with Gasteiger partial charge in [-0.1, -0.05) is 31.4 Å². The van der Waals surface area contributed by atoms with Crippen molar-refractivity contribution in [1.82, 2.24) is 0 Å². The molecule has 2 aliphatic carbocycles. The molecule has 0 aromatic carbocycles. The van der Waals surface area contributed by atoms with Crippen LogP contribution in [0.1, 0.15) is 32.1 Å². The molecule has 0 amide bonds. The van der Waals surface area contributed by atoms with E-state index >= 15 is 0 Å². The lowest BCUT2D eigenvalue weighted by atomic mass is 9.59. The minimum atomic E-state index is 0.122. The first-order valence-electron chi connectivity index (χ1n) is 6.72. The van der Waals surface area contributed by atoms with Crippen LogP contribution in [0.5, 0.6) is 0 Å². The highest BCUT2D eigenvalue weighted by Crippen LogP contribution is 2.51. The Morgan fingerprint density at radius 1 is 1.12 bits per heavy atom. The first kappa shape index (κ1) is 9.41. The summed E-state index contributed by atoms with van der Waals surface area (Å²) in [5.74, 6) is 2.37. The van der Waals surface area contributed by atoms with Crippen molar-refractivity contribution in [3.63, 3.8) is 0 Å². The quantitative estimate of drug-likeness (QED) is 0.583. The van der Waals surface area contributed by atoms with Gasteiger partial charge in [0.25, 0.3) is 0 Å². The summed E-state index contributed by atoms with van der Waals surface area (Å²) in [7, 11) is 0. The molecule has 4 rings (SSSR count). The third-order valence-electron chi connectivity index (χ3n) is 5.24. The number of rotatable bonds is 0. The summed E-state index contributed by atoms with van der Waals surface area (Å²) < 4.78 is 5.95. The molecule has 3 fully saturated rings. The number of ether oxygens (including phenoxy) is 1. The van der Waals surface area contributed by atoms with Gasteiger partial charge in [-0.15, -0.1) is 0 Å². The van der Waals surface area contributed by atoms with Crippen LogP contribution in [0.25, 0.3) is 0 Å². The van der Waals surface area contributed by atoms with Gasteiger partial charge in [-0.25, -0.2) is 0 Å². The van der Waals surface area contributed by atoms with E-state index in [0.29, 0.717) is 11.7 Å². The molecule has 86 valence electrons. The highest BCUT2D eigenvalue weighted by Gasteiger charge is 2.54. The van der Waals surface area contributed by atoms with E-state index in [4.69, 9.17) is 4.74 Å². The summed E-state index contributed by atoms with van der Waals surface area (Å²) in [4.78, 5) is 12.4. The normalized spacial score (nSPS) is 53.9. The van der Waals surface area contributed by atoms with Crippen LogP contribution >= 0.6 is 0 Å². The van der Waals surface area contributed by atoms with Crippen molar-refractivity contribution in [2.45, 2.75) is 44.3 Å². The summed E-state index contributed by atoms with van der Waals surface area (Å²) in [6.07, 6.45) is 10.9. The van der Waals surface area contributed by atoms with E-state index in [0.717, 1.165) is 12.3 Å². The monoisotopic (exact) mass is 218 g/mol. The SMILES string of the molecule is O=C1[C@H]2[C@H]3CCCC[C@H]3C[C@@H]1[C@H]1C=C[C@@H]2O1. The van der Waals surface area contributed by atoms with Crippen molar-refractivity contribution >= 4 is 5.78 Å². The van der Waals surface area contributed by atoms with E-state index < -0.39 is 0 Å². The Labute approximate surface area is 96.0 Å². The molecule has 2 heterocycles. The van der Waals surface area contributed by atoms with Crippen LogP contribution in [0.15, 0.2) is 12.2 Å². The van der Waals surface area contributed by atoms with Crippen LogP contribution in [0, 0.1) is 23.7 Å². The second-order valence-electron chi connectivity index (χ2n) is 5.93. The molecule has 0 aromatic heterocycles. The molecule has 0 radical (unpaired) electrons. The van der Waals surface area contributed by atoms with Gasteiger partial charge in [0.05, 0.1) is 18.1 Å². The summed E-state index contributed by atoms with van der Waals surface area (Å²) in [6.45, 7) is 0. The average molecular weight is 218 g/mol. The summed E-state index contributed by atoms with van der Waals surface area (Å²) >= 11 is 0. The van der Waals surface area contributed by atoms with Gasteiger partial charge in [0.2, 0.25) is 0 Å². The van der Waals surface area contributed by atoms with Gasteiger partial charge in [-0.05, 0) is 24.7 Å². The van der Waals surface area contributed by atoms with Crippen molar-refractivity contribution in [1.29, 1.82) is 0 Å². The fourth-order valence-electron chi connectivity index (χ4n) is 4.53. The van der Waals surface area contributed by atoms with Crippen molar-refractivity contribution < 1.29 is 9.53 Å². The molecule has 0 N–H and O–H groups in total. The zero-order chi connectivity index (χ0) is 10.7. The van der Waals surface area contributed by atoms with Crippen LogP contribution in [0.4, 0.5) is 0 Å². The van der Waals surface area contributed by atoms with E-state index in [9.17, 15) is 4.79 Å². The fraction of sp³-hybridized carbons (Fsp3) is 0.786. The van der Waals surface area contributed by atoms with Crippen molar-refractivity contribution in [2.75, 3.05) is 0 Å². The summed E-state index contributed by atoms with van der Waals surface area (Å²) in [5.41, 5.74) is 0. The van der Waals surface area contributed by atoms with Crippen molar-refractivity contribution in [2.24, 2.45) is 23.7 Å². The maximum atomic E-state index is 12.4. The molecule has 2 heteroatoms. The van der Waals surface area contributed by atoms with Gasteiger partial charge in [-0.2, -0.15) is 0 Å². The maximum Gasteiger partial charge on any atom is 0.145 e.